The van der Waals surface area contributed by atoms with E-state index >= 15 is 0 Å². The fourth-order valence-corrected chi connectivity index (χ4v) is 1.59. The third-order valence-corrected chi connectivity index (χ3v) is 2.52. The van der Waals surface area contributed by atoms with Crippen LogP contribution in [0.2, 0.25) is 0 Å². The quantitative estimate of drug-likeness (QED) is 0.870. The Morgan fingerprint density at radius 1 is 1.38 bits per heavy atom. The van der Waals surface area contributed by atoms with Crippen molar-refractivity contribution >= 4 is 0 Å². The molecule has 2 atom stereocenters. The van der Waals surface area contributed by atoms with E-state index in [4.69, 9.17) is 0 Å². The summed E-state index contributed by atoms with van der Waals surface area (Å²) < 4.78 is 36.8. The third-order valence-electron chi connectivity index (χ3n) is 2.52. The van der Waals surface area contributed by atoms with E-state index in [2.05, 4.69) is 4.98 Å². The number of aliphatic hydroxyl groups excluding tert-OH is 1. The molecule has 2 nitrogen and oxygen atoms in total. The number of hydrogen-bond donors (Lipinski definition) is 1. The van der Waals surface area contributed by atoms with Gasteiger partial charge in [-0.05, 0) is 25.5 Å². The highest BCUT2D eigenvalue weighted by molar-refractivity contribution is 5.19. The molecule has 0 amide bonds. The zero-order valence-corrected chi connectivity index (χ0v) is 9.12. The smallest absolute Gasteiger partial charge is 0.393 e. The number of hydrogen-bond acceptors (Lipinski definition) is 2. The first-order valence-corrected chi connectivity index (χ1v) is 5.07. The largest absolute Gasteiger partial charge is 0.417 e. The summed E-state index contributed by atoms with van der Waals surface area (Å²) in [5, 5.41) is 9.43. The van der Waals surface area contributed by atoms with E-state index in [-0.39, 0.29) is 5.92 Å². The zero-order chi connectivity index (χ0) is 12.3. The lowest BCUT2D eigenvalue weighted by Gasteiger charge is -2.17. The molecule has 16 heavy (non-hydrogen) atoms. The minimum Gasteiger partial charge on any atom is -0.393 e. The summed E-state index contributed by atoms with van der Waals surface area (Å²) in [6.45, 7) is 3.46. The van der Waals surface area contributed by atoms with Crippen molar-refractivity contribution in [2.75, 3.05) is 0 Å². The molecule has 0 bridgehead atoms. The Labute approximate surface area is 92.1 Å². The highest BCUT2D eigenvalue weighted by Gasteiger charge is 2.31. The van der Waals surface area contributed by atoms with Crippen molar-refractivity contribution in [3.63, 3.8) is 0 Å². The van der Waals surface area contributed by atoms with Crippen molar-refractivity contribution in [3.8, 4) is 0 Å². The highest BCUT2D eigenvalue weighted by Crippen LogP contribution is 2.30. The Balaban J connectivity index is 2.94. The monoisotopic (exact) mass is 233 g/mol. The molecule has 0 aliphatic heterocycles. The molecule has 1 aromatic heterocycles. The van der Waals surface area contributed by atoms with Crippen LogP contribution in [0.3, 0.4) is 0 Å². The number of aliphatic hydroxyl groups is 1. The van der Waals surface area contributed by atoms with Crippen LogP contribution in [0.4, 0.5) is 13.2 Å². The van der Waals surface area contributed by atoms with E-state index in [1.807, 2.05) is 6.92 Å². The summed E-state index contributed by atoms with van der Waals surface area (Å²) in [5.74, 6) is -0.220. The second-order valence-corrected chi connectivity index (χ2v) is 3.72. The molecule has 0 aromatic carbocycles. The first-order valence-electron chi connectivity index (χ1n) is 5.07. The average molecular weight is 233 g/mol. The van der Waals surface area contributed by atoms with Gasteiger partial charge in [0, 0.05) is 17.8 Å². The number of rotatable bonds is 3. The average Bonchev–Trinajstić information content (AvgIpc) is 2.17. The van der Waals surface area contributed by atoms with Crippen molar-refractivity contribution in [1.82, 2.24) is 4.98 Å². The number of nitrogens with zero attached hydrogens (tertiary/aromatic N) is 1. The second kappa shape index (κ2) is 4.82. The van der Waals surface area contributed by atoms with Crippen LogP contribution in [-0.2, 0) is 6.18 Å². The predicted octanol–water partition coefficient (Wildman–Crippen LogP) is 2.97. The fourth-order valence-electron chi connectivity index (χ4n) is 1.59. The maximum absolute atomic E-state index is 12.3. The van der Waals surface area contributed by atoms with Crippen molar-refractivity contribution in [2.24, 2.45) is 0 Å². The standard InChI is InChI=1S/C11H14F3NO/c1-3-9(7(2)16)10-5-4-8(6-15-10)11(12,13)14/h4-7,9,16H,3H2,1-2H3. The summed E-state index contributed by atoms with van der Waals surface area (Å²) in [6, 6.07) is 2.32. The van der Waals surface area contributed by atoms with Gasteiger partial charge in [0.25, 0.3) is 0 Å². The summed E-state index contributed by atoms with van der Waals surface area (Å²) >= 11 is 0. The Hall–Kier alpha value is -1.10. The molecule has 0 radical (unpaired) electrons. The maximum Gasteiger partial charge on any atom is 0.417 e. The molecule has 1 N–H and O–H groups in total. The summed E-state index contributed by atoms with van der Waals surface area (Å²) in [6.07, 6.45) is -3.54. The van der Waals surface area contributed by atoms with Gasteiger partial charge in [-0.3, -0.25) is 4.98 Å². The predicted molar refractivity (Wildman–Crippen MR) is 54.0 cm³/mol. The minimum absolute atomic E-state index is 0.220. The third kappa shape index (κ3) is 2.95. The van der Waals surface area contributed by atoms with E-state index in [1.54, 1.807) is 6.92 Å². The first-order chi connectivity index (χ1) is 7.36. The van der Waals surface area contributed by atoms with Gasteiger partial charge in [-0.1, -0.05) is 6.92 Å². The molecule has 1 aromatic rings. The molecule has 0 saturated carbocycles. The van der Waals surface area contributed by atoms with Gasteiger partial charge >= 0.3 is 6.18 Å². The van der Waals surface area contributed by atoms with Gasteiger partial charge in [-0.2, -0.15) is 13.2 Å². The van der Waals surface area contributed by atoms with Crippen molar-refractivity contribution in [3.05, 3.63) is 29.6 Å². The van der Waals surface area contributed by atoms with Crippen LogP contribution in [0.5, 0.6) is 0 Å². The van der Waals surface area contributed by atoms with Crippen molar-refractivity contribution < 1.29 is 18.3 Å². The van der Waals surface area contributed by atoms with E-state index in [9.17, 15) is 18.3 Å². The van der Waals surface area contributed by atoms with Gasteiger partial charge in [0.15, 0.2) is 0 Å². The van der Waals surface area contributed by atoms with E-state index in [0.29, 0.717) is 12.1 Å². The molecule has 1 rings (SSSR count). The van der Waals surface area contributed by atoms with E-state index in [0.717, 1.165) is 12.3 Å². The van der Waals surface area contributed by atoms with Crippen LogP contribution < -0.4 is 0 Å². The lowest BCUT2D eigenvalue weighted by atomic mass is 9.96. The lowest BCUT2D eigenvalue weighted by molar-refractivity contribution is -0.137. The SMILES string of the molecule is CCC(c1ccc(C(F)(F)F)cn1)C(C)O. The normalized spacial score (nSPS) is 15.9. The molecule has 0 aliphatic carbocycles. The molecular formula is C11H14F3NO. The molecule has 90 valence electrons. The van der Waals surface area contributed by atoms with Gasteiger partial charge in [0.1, 0.15) is 0 Å². The zero-order valence-electron chi connectivity index (χ0n) is 9.12. The fraction of sp³-hybridized carbons (Fsp3) is 0.545. The molecule has 0 fully saturated rings. The van der Waals surface area contributed by atoms with Crippen LogP contribution in [0.25, 0.3) is 0 Å². The molecule has 1 heterocycles. The van der Waals surface area contributed by atoms with Crippen molar-refractivity contribution in [2.45, 2.75) is 38.5 Å². The molecule has 0 spiro atoms. The summed E-state index contributed by atoms with van der Waals surface area (Å²) in [5.41, 5.74) is -0.276. The van der Waals surface area contributed by atoms with Crippen LogP contribution >= 0.6 is 0 Å². The first kappa shape index (κ1) is 13.0. The van der Waals surface area contributed by atoms with Crippen molar-refractivity contribution in [1.29, 1.82) is 0 Å². The van der Waals surface area contributed by atoms with Crippen LogP contribution in [0.1, 0.15) is 37.4 Å². The molecule has 0 saturated heterocycles. The Morgan fingerprint density at radius 3 is 2.31 bits per heavy atom. The van der Waals surface area contributed by atoms with Gasteiger partial charge in [0.2, 0.25) is 0 Å². The Morgan fingerprint density at radius 2 is 2.00 bits per heavy atom. The second-order valence-electron chi connectivity index (χ2n) is 3.72. The number of aromatic nitrogens is 1. The topological polar surface area (TPSA) is 33.1 Å². The Bertz CT molecular complexity index is 332. The molecule has 5 heteroatoms. The Kier molecular flexibility index (Phi) is 3.91. The summed E-state index contributed by atoms with van der Waals surface area (Å²) in [7, 11) is 0. The summed E-state index contributed by atoms with van der Waals surface area (Å²) in [4.78, 5) is 3.76. The maximum atomic E-state index is 12.3. The molecular weight excluding hydrogens is 219 g/mol. The van der Waals surface area contributed by atoms with Crippen LogP contribution in [-0.4, -0.2) is 16.2 Å². The molecule has 2 unspecified atom stereocenters. The van der Waals surface area contributed by atoms with Gasteiger partial charge < -0.3 is 5.11 Å². The lowest BCUT2D eigenvalue weighted by Crippen LogP contribution is -2.15. The van der Waals surface area contributed by atoms with Crippen LogP contribution in [0.15, 0.2) is 18.3 Å². The van der Waals surface area contributed by atoms with Gasteiger partial charge in [-0.25, -0.2) is 0 Å². The van der Waals surface area contributed by atoms with Crippen LogP contribution in [0, 0.1) is 0 Å². The number of halogens is 3. The minimum atomic E-state index is -4.36. The van der Waals surface area contributed by atoms with Gasteiger partial charge in [0.05, 0.1) is 11.7 Å². The van der Waals surface area contributed by atoms with Gasteiger partial charge in [-0.15, -0.1) is 0 Å². The van der Waals surface area contributed by atoms with E-state index in [1.165, 1.54) is 6.07 Å². The highest BCUT2D eigenvalue weighted by atomic mass is 19.4. The number of alkyl halides is 3. The van der Waals surface area contributed by atoms with E-state index < -0.39 is 17.8 Å². The number of pyridine rings is 1. The molecule has 0 aliphatic rings.